The number of carbonyl (C=O) groups is 1. The van der Waals surface area contributed by atoms with E-state index in [0.29, 0.717) is 0 Å². The zero-order valence-electron chi connectivity index (χ0n) is 12.5. The number of hydrogen-bond donors (Lipinski definition) is 0. The zero-order valence-corrected chi connectivity index (χ0v) is 14.9. The summed E-state index contributed by atoms with van der Waals surface area (Å²) < 4.78 is 48.7. The summed E-state index contributed by atoms with van der Waals surface area (Å²) >= 11 is 3.22. The lowest BCUT2D eigenvalue weighted by molar-refractivity contribution is 0.0695. The molecule has 0 aliphatic carbocycles. The number of esters is 1. The van der Waals surface area contributed by atoms with Gasteiger partial charge in [-0.15, -0.1) is 0 Å². The van der Waals surface area contributed by atoms with Gasteiger partial charge in [-0.25, -0.2) is 17.6 Å². The van der Waals surface area contributed by atoms with Crippen molar-refractivity contribution in [1.29, 1.82) is 0 Å². The maximum absolute atomic E-state index is 12.8. The predicted molar refractivity (Wildman–Crippen MR) is 89.7 cm³/mol. The normalized spacial score (nSPS) is 11.3. The monoisotopic (exact) mass is 424 g/mol. The van der Waals surface area contributed by atoms with Crippen LogP contribution in [0.4, 0.5) is 4.39 Å². The van der Waals surface area contributed by atoms with Gasteiger partial charge in [-0.05, 0) is 60.7 Å². The molecule has 0 saturated heterocycles. The van der Waals surface area contributed by atoms with Crippen molar-refractivity contribution in [3.63, 3.8) is 0 Å². The van der Waals surface area contributed by atoms with E-state index in [-0.39, 0.29) is 21.5 Å². The number of sulfone groups is 1. The van der Waals surface area contributed by atoms with Crippen LogP contribution < -0.4 is 4.74 Å². The van der Waals surface area contributed by atoms with E-state index in [9.17, 15) is 17.6 Å². The van der Waals surface area contributed by atoms with Crippen molar-refractivity contribution in [2.45, 2.75) is 9.99 Å². The summed E-state index contributed by atoms with van der Waals surface area (Å²) in [7, 11) is -3.89. The molecule has 0 unspecified atom stereocenters. The SMILES string of the molecule is O=C(Oc1ccc(F)cc1)c1ccc(S(=O)(=O)c2ccc(Br)cc2)o1. The molecule has 1 aromatic heterocycles. The van der Waals surface area contributed by atoms with E-state index < -0.39 is 21.6 Å². The van der Waals surface area contributed by atoms with E-state index in [4.69, 9.17) is 9.15 Å². The van der Waals surface area contributed by atoms with Crippen LogP contribution in [0.1, 0.15) is 10.6 Å². The number of hydrogen-bond acceptors (Lipinski definition) is 5. The fraction of sp³-hybridized carbons (Fsp3) is 0. The Morgan fingerprint density at radius 1 is 0.960 bits per heavy atom. The van der Waals surface area contributed by atoms with E-state index in [0.717, 1.165) is 16.6 Å². The first-order valence-corrected chi connectivity index (χ1v) is 9.22. The molecule has 25 heavy (non-hydrogen) atoms. The van der Waals surface area contributed by atoms with Crippen LogP contribution in [0, 0.1) is 5.82 Å². The van der Waals surface area contributed by atoms with Crippen LogP contribution in [0.2, 0.25) is 0 Å². The Kier molecular flexibility index (Phi) is 4.73. The molecular weight excluding hydrogens is 415 g/mol. The van der Waals surface area contributed by atoms with Gasteiger partial charge in [0, 0.05) is 4.47 Å². The molecule has 0 atom stereocenters. The van der Waals surface area contributed by atoms with Crippen LogP contribution in [-0.2, 0) is 9.84 Å². The van der Waals surface area contributed by atoms with Crippen LogP contribution >= 0.6 is 15.9 Å². The molecule has 0 N–H and O–H groups in total. The molecule has 0 radical (unpaired) electrons. The first-order chi connectivity index (χ1) is 11.9. The van der Waals surface area contributed by atoms with Crippen LogP contribution in [0.5, 0.6) is 5.75 Å². The Bertz CT molecular complexity index is 1010. The number of furan rings is 1. The Labute approximate surface area is 151 Å². The van der Waals surface area contributed by atoms with E-state index in [1.54, 1.807) is 12.1 Å². The van der Waals surface area contributed by atoms with Crippen molar-refractivity contribution in [1.82, 2.24) is 0 Å². The van der Waals surface area contributed by atoms with Crippen molar-refractivity contribution in [2.24, 2.45) is 0 Å². The molecule has 1 heterocycles. The number of carbonyl (C=O) groups excluding carboxylic acids is 1. The van der Waals surface area contributed by atoms with Crippen molar-refractivity contribution < 1.29 is 26.8 Å². The molecule has 0 aliphatic heterocycles. The molecule has 0 fully saturated rings. The second-order valence-corrected chi connectivity index (χ2v) is 7.72. The summed E-state index contributed by atoms with van der Waals surface area (Å²) in [6.45, 7) is 0. The first-order valence-electron chi connectivity index (χ1n) is 6.94. The number of halogens is 2. The van der Waals surface area contributed by atoms with Gasteiger partial charge in [-0.1, -0.05) is 15.9 Å². The van der Waals surface area contributed by atoms with Crippen LogP contribution in [-0.4, -0.2) is 14.4 Å². The summed E-state index contributed by atoms with van der Waals surface area (Å²) in [5, 5.41) is -0.374. The molecule has 2 aromatic carbocycles. The van der Waals surface area contributed by atoms with Gasteiger partial charge in [-0.2, -0.15) is 0 Å². The molecule has 3 aromatic rings. The lowest BCUT2D eigenvalue weighted by Gasteiger charge is -2.03. The van der Waals surface area contributed by atoms with Crippen molar-refractivity contribution in [3.8, 4) is 5.75 Å². The maximum atomic E-state index is 12.8. The van der Waals surface area contributed by atoms with E-state index in [1.807, 2.05) is 0 Å². The van der Waals surface area contributed by atoms with Crippen molar-refractivity contribution in [3.05, 3.63) is 76.7 Å². The van der Waals surface area contributed by atoms with Crippen LogP contribution in [0.25, 0.3) is 0 Å². The molecule has 0 bridgehead atoms. The van der Waals surface area contributed by atoms with Crippen molar-refractivity contribution in [2.75, 3.05) is 0 Å². The lowest BCUT2D eigenvalue weighted by Crippen LogP contribution is -2.07. The van der Waals surface area contributed by atoms with Gasteiger partial charge in [0.15, 0.2) is 0 Å². The molecule has 128 valence electrons. The molecular formula is C17H10BrFO5S. The summed E-state index contributed by atoms with van der Waals surface area (Å²) in [5.74, 6) is -1.52. The zero-order chi connectivity index (χ0) is 18.0. The van der Waals surface area contributed by atoms with Gasteiger partial charge in [0.25, 0.3) is 0 Å². The Morgan fingerprint density at radius 2 is 1.60 bits per heavy atom. The molecule has 0 amide bonds. The summed E-state index contributed by atoms with van der Waals surface area (Å²) in [5.41, 5.74) is 0. The molecule has 5 nitrogen and oxygen atoms in total. The minimum absolute atomic E-state index is 0.0310. The highest BCUT2D eigenvalue weighted by atomic mass is 79.9. The van der Waals surface area contributed by atoms with Crippen LogP contribution in [0.3, 0.4) is 0 Å². The smallest absolute Gasteiger partial charge is 0.379 e. The van der Waals surface area contributed by atoms with E-state index in [2.05, 4.69) is 15.9 Å². The number of ether oxygens (including phenoxy) is 1. The van der Waals surface area contributed by atoms with Gasteiger partial charge in [0.05, 0.1) is 4.90 Å². The van der Waals surface area contributed by atoms with Crippen LogP contribution in [0.15, 0.2) is 79.5 Å². The minimum atomic E-state index is -3.89. The topological polar surface area (TPSA) is 73.6 Å². The van der Waals surface area contributed by atoms with E-state index >= 15 is 0 Å². The highest BCUT2D eigenvalue weighted by molar-refractivity contribution is 9.10. The predicted octanol–water partition coefficient (Wildman–Crippen LogP) is 4.23. The first kappa shape index (κ1) is 17.4. The molecule has 8 heteroatoms. The van der Waals surface area contributed by atoms with Crippen molar-refractivity contribution >= 4 is 31.7 Å². The average Bonchev–Trinajstić information content (AvgIpc) is 3.08. The van der Waals surface area contributed by atoms with Gasteiger partial charge in [-0.3, -0.25) is 0 Å². The average molecular weight is 425 g/mol. The quantitative estimate of drug-likeness (QED) is 0.462. The lowest BCUT2D eigenvalue weighted by atomic mass is 10.3. The van der Waals surface area contributed by atoms with Gasteiger partial charge in [0.1, 0.15) is 11.6 Å². The minimum Gasteiger partial charge on any atom is -0.437 e. The molecule has 0 aliphatic rings. The molecule has 0 saturated carbocycles. The fourth-order valence-corrected chi connectivity index (χ4v) is 3.40. The Balaban J connectivity index is 1.82. The third kappa shape index (κ3) is 3.80. The largest absolute Gasteiger partial charge is 0.437 e. The second-order valence-electron chi connectivity index (χ2n) is 4.92. The maximum Gasteiger partial charge on any atom is 0.379 e. The standard InChI is InChI=1S/C17H10BrFO5S/c18-11-1-7-14(8-2-11)25(21,22)16-10-9-15(24-16)17(20)23-13-5-3-12(19)4-6-13/h1-10H. The summed E-state index contributed by atoms with van der Waals surface area (Å²) in [4.78, 5) is 12.0. The highest BCUT2D eigenvalue weighted by Crippen LogP contribution is 2.25. The number of benzene rings is 2. The number of rotatable bonds is 4. The van der Waals surface area contributed by atoms with Gasteiger partial charge < -0.3 is 9.15 Å². The Morgan fingerprint density at radius 3 is 2.24 bits per heavy atom. The molecule has 3 rings (SSSR count). The second kappa shape index (κ2) is 6.81. The van der Waals surface area contributed by atoms with E-state index in [1.165, 1.54) is 36.4 Å². The summed E-state index contributed by atoms with van der Waals surface area (Å²) in [6, 6.07) is 13.2. The summed E-state index contributed by atoms with van der Waals surface area (Å²) in [6.07, 6.45) is 0. The third-order valence-electron chi connectivity index (χ3n) is 3.20. The highest BCUT2D eigenvalue weighted by Gasteiger charge is 2.24. The molecule has 0 spiro atoms. The van der Waals surface area contributed by atoms with Gasteiger partial charge >= 0.3 is 5.97 Å². The third-order valence-corrected chi connectivity index (χ3v) is 5.37. The Hall–Kier alpha value is -2.45. The fourth-order valence-electron chi connectivity index (χ4n) is 1.96. The van der Waals surface area contributed by atoms with Gasteiger partial charge in [0.2, 0.25) is 20.7 Å².